The molecule has 1 N–H and O–H groups in total. The Kier molecular flexibility index (Phi) is 7.87. The third-order valence-electron chi connectivity index (χ3n) is 3.76. The van der Waals surface area contributed by atoms with E-state index in [1.54, 1.807) is 13.8 Å². The molecular formula is C20H27O6P. The van der Waals surface area contributed by atoms with E-state index in [-0.39, 0.29) is 13.2 Å². The van der Waals surface area contributed by atoms with Crippen molar-refractivity contribution in [3.63, 3.8) is 0 Å². The maximum atomic E-state index is 12.2. The average Bonchev–Trinajstić information content (AvgIpc) is 2.59. The minimum absolute atomic E-state index is 0.132. The van der Waals surface area contributed by atoms with Gasteiger partial charge in [0.2, 0.25) is 0 Å². The number of para-hydroxylation sites is 2. The summed E-state index contributed by atoms with van der Waals surface area (Å²) >= 11 is 0. The average molecular weight is 394 g/mol. The smallest absolute Gasteiger partial charge is 0.472 e. The highest BCUT2D eigenvalue weighted by Crippen LogP contribution is 2.45. The molecule has 0 saturated carbocycles. The second kappa shape index (κ2) is 9.90. The van der Waals surface area contributed by atoms with E-state index in [1.165, 1.54) is 0 Å². The van der Waals surface area contributed by atoms with Gasteiger partial charge in [0.25, 0.3) is 0 Å². The second-order valence-corrected chi connectivity index (χ2v) is 7.81. The first kappa shape index (κ1) is 21.5. The van der Waals surface area contributed by atoms with Crippen LogP contribution in [0.15, 0.2) is 48.5 Å². The molecule has 0 saturated heterocycles. The molecule has 0 amide bonds. The lowest BCUT2D eigenvalue weighted by atomic mass is 10.2. The summed E-state index contributed by atoms with van der Waals surface area (Å²) in [4.78, 5) is 9.96. The van der Waals surface area contributed by atoms with Crippen LogP contribution in [0, 0.1) is 13.8 Å². The number of hydrogen-bond acceptors (Lipinski definition) is 5. The fourth-order valence-electron chi connectivity index (χ4n) is 2.39. The molecule has 0 radical (unpaired) electrons. The van der Waals surface area contributed by atoms with E-state index in [9.17, 15) is 9.46 Å². The number of phosphoric acid groups is 1. The summed E-state index contributed by atoms with van der Waals surface area (Å²) in [5.74, 6) is 1.42. The molecule has 0 spiro atoms. The van der Waals surface area contributed by atoms with Gasteiger partial charge in [0, 0.05) is 0 Å². The Labute approximate surface area is 160 Å². The van der Waals surface area contributed by atoms with Crippen molar-refractivity contribution in [2.24, 2.45) is 0 Å². The molecular weight excluding hydrogens is 367 g/mol. The molecule has 6 nitrogen and oxygen atoms in total. The quantitative estimate of drug-likeness (QED) is 0.590. The number of hydrogen-bond donors (Lipinski definition) is 1. The van der Waals surface area contributed by atoms with Gasteiger partial charge in [-0.3, -0.25) is 9.05 Å². The van der Waals surface area contributed by atoms with Crippen LogP contribution in [0.2, 0.25) is 0 Å². The van der Waals surface area contributed by atoms with Gasteiger partial charge in [-0.05, 0) is 51.0 Å². The van der Waals surface area contributed by atoms with E-state index >= 15 is 0 Å². The molecule has 0 heterocycles. The van der Waals surface area contributed by atoms with Crippen molar-refractivity contribution in [3.05, 3.63) is 59.7 Å². The van der Waals surface area contributed by atoms with Gasteiger partial charge in [-0.15, -0.1) is 0 Å². The van der Waals surface area contributed by atoms with Crippen LogP contribution in [0.5, 0.6) is 11.5 Å². The Morgan fingerprint density at radius 1 is 0.815 bits per heavy atom. The van der Waals surface area contributed by atoms with Crippen LogP contribution in [0.25, 0.3) is 0 Å². The lowest BCUT2D eigenvalue weighted by molar-refractivity contribution is 0.0496. The zero-order valence-corrected chi connectivity index (χ0v) is 17.0. The molecule has 0 aliphatic rings. The summed E-state index contributed by atoms with van der Waals surface area (Å²) in [7, 11) is -4.23. The summed E-state index contributed by atoms with van der Waals surface area (Å²) in [6.45, 7) is 7.42. The predicted octanol–water partition coefficient (Wildman–Crippen LogP) is 4.67. The molecule has 0 aliphatic heterocycles. The van der Waals surface area contributed by atoms with Gasteiger partial charge in [-0.25, -0.2) is 4.57 Å². The topological polar surface area (TPSA) is 74.2 Å². The van der Waals surface area contributed by atoms with E-state index in [0.717, 1.165) is 11.1 Å². The molecule has 0 aliphatic carbocycles. The third-order valence-corrected chi connectivity index (χ3v) is 5.01. The van der Waals surface area contributed by atoms with Crippen molar-refractivity contribution < 1.29 is 28.0 Å². The van der Waals surface area contributed by atoms with Gasteiger partial charge in [0.15, 0.2) is 0 Å². The van der Waals surface area contributed by atoms with Crippen molar-refractivity contribution in [1.82, 2.24) is 0 Å². The van der Waals surface area contributed by atoms with E-state index in [1.807, 2.05) is 62.4 Å². The minimum atomic E-state index is -4.23. The summed E-state index contributed by atoms with van der Waals surface area (Å²) in [6, 6.07) is 15.1. The Hall–Kier alpha value is -1.85. The van der Waals surface area contributed by atoms with Crippen molar-refractivity contribution in [1.29, 1.82) is 0 Å². The van der Waals surface area contributed by atoms with Crippen LogP contribution in [-0.4, -0.2) is 30.3 Å². The maximum Gasteiger partial charge on any atom is 0.472 e. The van der Waals surface area contributed by atoms with Gasteiger partial charge in [0.1, 0.15) is 36.9 Å². The number of rotatable bonds is 10. The highest BCUT2D eigenvalue weighted by molar-refractivity contribution is 7.47. The van der Waals surface area contributed by atoms with E-state index in [2.05, 4.69) is 0 Å². The fraction of sp³-hybridized carbons (Fsp3) is 0.400. The molecule has 27 heavy (non-hydrogen) atoms. The molecule has 2 aromatic rings. The number of phosphoric ester groups is 1. The van der Waals surface area contributed by atoms with E-state index in [4.69, 9.17) is 18.5 Å². The number of benzene rings is 2. The van der Waals surface area contributed by atoms with E-state index < -0.39 is 20.0 Å². The summed E-state index contributed by atoms with van der Waals surface area (Å²) in [5.41, 5.74) is 1.96. The monoisotopic (exact) mass is 394 g/mol. The molecule has 7 heteroatoms. The summed E-state index contributed by atoms with van der Waals surface area (Å²) in [5, 5.41) is 0. The van der Waals surface area contributed by atoms with Crippen LogP contribution < -0.4 is 9.47 Å². The fourth-order valence-corrected chi connectivity index (χ4v) is 3.47. The van der Waals surface area contributed by atoms with Crippen LogP contribution in [0.3, 0.4) is 0 Å². The highest BCUT2D eigenvalue weighted by atomic mass is 31.2. The minimum Gasteiger partial charge on any atom is -0.491 e. The first-order valence-electron chi connectivity index (χ1n) is 8.83. The Morgan fingerprint density at radius 2 is 1.19 bits per heavy atom. The number of aryl methyl sites for hydroxylation is 2. The van der Waals surface area contributed by atoms with Gasteiger partial charge in [0.05, 0.1) is 0 Å². The van der Waals surface area contributed by atoms with Crippen molar-refractivity contribution in [2.45, 2.75) is 39.9 Å². The Bertz CT molecular complexity index is 717. The molecule has 0 fully saturated rings. The maximum absolute atomic E-state index is 12.2. The molecule has 2 aromatic carbocycles. The van der Waals surface area contributed by atoms with Crippen molar-refractivity contribution >= 4 is 7.82 Å². The van der Waals surface area contributed by atoms with Crippen LogP contribution in [-0.2, 0) is 13.6 Å². The van der Waals surface area contributed by atoms with Gasteiger partial charge in [-0.1, -0.05) is 36.4 Å². The van der Waals surface area contributed by atoms with Gasteiger partial charge in [-0.2, -0.15) is 0 Å². The second-order valence-electron chi connectivity index (χ2n) is 6.45. The van der Waals surface area contributed by atoms with Crippen molar-refractivity contribution in [3.8, 4) is 11.5 Å². The van der Waals surface area contributed by atoms with E-state index in [0.29, 0.717) is 11.5 Å². The predicted molar refractivity (Wildman–Crippen MR) is 104 cm³/mol. The zero-order chi connectivity index (χ0) is 19.9. The van der Waals surface area contributed by atoms with Crippen LogP contribution in [0.1, 0.15) is 25.0 Å². The SMILES string of the molecule is Cc1ccccc1OCC(C)OP(=O)(O)OC(C)COc1ccccc1C. The highest BCUT2D eigenvalue weighted by Gasteiger charge is 2.28. The molecule has 2 rings (SSSR count). The lowest BCUT2D eigenvalue weighted by Crippen LogP contribution is -2.21. The summed E-state index contributed by atoms with van der Waals surface area (Å²) in [6.07, 6.45) is -1.24. The molecule has 2 unspecified atom stereocenters. The van der Waals surface area contributed by atoms with Crippen molar-refractivity contribution in [2.75, 3.05) is 13.2 Å². The van der Waals surface area contributed by atoms with Crippen LogP contribution in [0.4, 0.5) is 0 Å². The normalized spacial score (nSPS) is 15.6. The Morgan fingerprint density at radius 3 is 1.56 bits per heavy atom. The Balaban J connectivity index is 1.78. The summed E-state index contributed by atoms with van der Waals surface area (Å²) < 4.78 is 33.8. The first-order chi connectivity index (χ1) is 12.8. The van der Waals surface area contributed by atoms with Gasteiger partial charge >= 0.3 is 7.82 Å². The first-order valence-corrected chi connectivity index (χ1v) is 10.3. The standard InChI is InChI=1S/C20H27O6P/c1-15-9-5-7-11-19(15)23-13-17(3)25-27(21,22)26-18(4)14-24-20-12-8-6-10-16(20)2/h5-12,17-18H,13-14H2,1-4H3,(H,21,22). The number of ether oxygens (including phenoxy) is 2. The van der Waals surface area contributed by atoms with Gasteiger partial charge < -0.3 is 14.4 Å². The largest absolute Gasteiger partial charge is 0.491 e. The molecule has 0 bridgehead atoms. The molecule has 0 aromatic heterocycles. The molecule has 2 atom stereocenters. The lowest BCUT2D eigenvalue weighted by Gasteiger charge is -2.21. The zero-order valence-electron chi connectivity index (χ0n) is 16.1. The van der Waals surface area contributed by atoms with Crippen LogP contribution >= 0.6 is 7.82 Å². The molecule has 148 valence electrons. The third kappa shape index (κ3) is 7.35.